The fourth-order valence-corrected chi connectivity index (χ4v) is 4.36. The van der Waals surface area contributed by atoms with Crippen molar-refractivity contribution in [3.8, 4) is 0 Å². The van der Waals surface area contributed by atoms with Crippen molar-refractivity contribution in [3.63, 3.8) is 0 Å². The van der Waals surface area contributed by atoms with Gasteiger partial charge in [0.1, 0.15) is 10.6 Å². The van der Waals surface area contributed by atoms with Crippen LogP contribution in [0.3, 0.4) is 0 Å². The minimum Gasteiger partial charge on any atom is -0.381 e. The minimum atomic E-state index is -0.00653. The van der Waals surface area contributed by atoms with Gasteiger partial charge in [0.25, 0.3) is 5.91 Å². The van der Waals surface area contributed by atoms with Crippen molar-refractivity contribution in [2.45, 2.75) is 71.8 Å². The molecule has 1 saturated heterocycles. The molecule has 1 aliphatic rings. The van der Waals surface area contributed by atoms with E-state index in [2.05, 4.69) is 22.4 Å². The van der Waals surface area contributed by atoms with Crippen LogP contribution >= 0.6 is 11.3 Å². The zero-order valence-corrected chi connectivity index (χ0v) is 17.3. The molecule has 3 rings (SSSR count). The van der Waals surface area contributed by atoms with Crippen molar-refractivity contribution in [1.82, 2.24) is 15.5 Å². The number of nitrogens with zero attached hydrogens (tertiary/aromatic N) is 2. The predicted molar refractivity (Wildman–Crippen MR) is 105 cm³/mol. The molecule has 148 valence electrons. The molecule has 0 bridgehead atoms. The van der Waals surface area contributed by atoms with Crippen LogP contribution in [0.25, 0.3) is 0 Å². The van der Waals surface area contributed by atoms with E-state index in [1.807, 2.05) is 13.8 Å². The normalized spacial score (nSPS) is 15.2. The van der Waals surface area contributed by atoms with Gasteiger partial charge in [-0.2, -0.15) is 0 Å². The Bertz CT molecular complexity index is 763. The average molecular weight is 392 g/mol. The summed E-state index contributed by atoms with van der Waals surface area (Å²) >= 11 is 1.50. The van der Waals surface area contributed by atoms with Crippen LogP contribution in [0.4, 0.5) is 0 Å². The van der Waals surface area contributed by atoms with Crippen LogP contribution < -0.4 is 5.32 Å². The number of ether oxygens (including phenoxy) is 1. The topological polar surface area (TPSA) is 77.2 Å². The number of carbonyl (C=O) groups excluding carboxylic acids is 1. The molecule has 0 radical (unpaired) electrons. The first-order valence-electron chi connectivity index (χ1n) is 9.87. The highest BCUT2D eigenvalue weighted by molar-refractivity contribution is 7.13. The Morgan fingerprint density at radius 1 is 1.22 bits per heavy atom. The van der Waals surface area contributed by atoms with E-state index in [-0.39, 0.29) is 11.9 Å². The maximum atomic E-state index is 12.6. The molecular weight excluding hydrogens is 362 g/mol. The van der Waals surface area contributed by atoms with Crippen molar-refractivity contribution >= 4 is 17.2 Å². The Kier molecular flexibility index (Phi) is 7.01. The third-order valence-electron chi connectivity index (χ3n) is 5.03. The summed E-state index contributed by atoms with van der Waals surface area (Å²) in [6, 6.07) is 0.206. The first-order valence-corrected chi connectivity index (χ1v) is 10.7. The third-order valence-corrected chi connectivity index (χ3v) is 6.24. The first kappa shape index (κ1) is 20.0. The van der Waals surface area contributed by atoms with Crippen LogP contribution in [0.1, 0.15) is 70.0 Å². The van der Waals surface area contributed by atoms with Crippen LogP contribution in [0.2, 0.25) is 0 Å². The van der Waals surface area contributed by atoms with Gasteiger partial charge < -0.3 is 14.6 Å². The second-order valence-electron chi connectivity index (χ2n) is 7.15. The monoisotopic (exact) mass is 391 g/mol. The zero-order valence-electron chi connectivity index (χ0n) is 16.5. The number of rotatable bonds is 8. The first-order chi connectivity index (χ1) is 13.1. The molecule has 1 N–H and O–H groups in total. The number of amides is 1. The quantitative estimate of drug-likeness (QED) is 0.741. The Morgan fingerprint density at radius 3 is 2.74 bits per heavy atom. The summed E-state index contributed by atoms with van der Waals surface area (Å²) in [4.78, 5) is 18.0. The second-order valence-corrected chi connectivity index (χ2v) is 8.23. The van der Waals surface area contributed by atoms with Crippen molar-refractivity contribution < 1.29 is 14.1 Å². The van der Waals surface area contributed by atoms with E-state index in [0.29, 0.717) is 0 Å². The van der Waals surface area contributed by atoms with E-state index >= 15 is 0 Å². The maximum Gasteiger partial charge on any atom is 0.263 e. The second kappa shape index (κ2) is 9.46. The van der Waals surface area contributed by atoms with E-state index in [1.54, 1.807) is 0 Å². The van der Waals surface area contributed by atoms with Crippen LogP contribution in [-0.4, -0.2) is 35.3 Å². The summed E-state index contributed by atoms with van der Waals surface area (Å²) in [5, 5.41) is 8.33. The van der Waals surface area contributed by atoms with E-state index in [1.165, 1.54) is 16.9 Å². The number of nitrogens with one attached hydrogen (secondary N) is 1. The van der Waals surface area contributed by atoms with Gasteiger partial charge in [0.2, 0.25) is 0 Å². The van der Waals surface area contributed by atoms with Gasteiger partial charge >= 0.3 is 0 Å². The SMILES string of the molecule is CCCCc1noc(C)c1CCc1nc(C)c(C(=O)NC2CCOCC2)s1. The van der Waals surface area contributed by atoms with Crippen molar-refractivity contribution in [2.24, 2.45) is 0 Å². The summed E-state index contributed by atoms with van der Waals surface area (Å²) in [5.41, 5.74) is 3.08. The molecule has 27 heavy (non-hydrogen) atoms. The van der Waals surface area contributed by atoms with Gasteiger partial charge in [-0.25, -0.2) is 4.98 Å². The Hall–Kier alpha value is -1.73. The smallest absolute Gasteiger partial charge is 0.263 e. The molecular formula is C20H29N3O3S. The van der Waals surface area contributed by atoms with Crippen LogP contribution in [0.15, 0.2) is 4.52 Å². The predicted octanol–water partition coefficient (Wildman–Crippen LogP) is 3.78. The lowest BCUT2D eigenvalue weighted by Gasteiger charge is -2.22. The molecule has 0 saturated carbocycles. The number of hydrogen-bond donors (Lipinski definition) is 1. The van der Waals surface area contributed by atoms with Gasteiger partial charge in [0.05, 0.1) is 16.4 Å². The van der Waals surface area contributed by atoms with Crippen molar-refractivity contribution in [3.05, 3.63) is 32.6 Å². The van der Waals surface area contributed by atoms with Gasteiger partial charge in [-0.05, 0) is 46.0 Å². The average Bonchev–Trinajstić information content (AvgIpc) is 3.21. The molecule has 3 heterocycles. The standard InChI is InChI=1S/C20H29N3O3S/c1-4-5-6-17-16(14(3)26-23-17)7-8-18-21-13(2)19(27-18)20(24)22-15-9-11-25-12-10-15/h15H,4-12H2,1-3H3,(H,22,24). The fraction of sp³-hybridized carbons (Fsp3) is 0.650. The molecule has 2 aromatic heterocycles. The number of hydrogen-bond acceptors (Lipinski definition) is 6. The van der Waals surface area contributed by atoms with Gasteiger partial charge in [-0.3, -0.25) is 4.79 Å². The van der Waals surface area contributed by atoms with Gasteiger partial charge in [-0.15, -0.1) is 11.3 Å². The van der Waals surface area contributed by atoms with E-state index in [4.69, 9.17) is 9.26 Å². The summed E-state index contributed by atoms with van der Waals surface area (Å²) < 4.78 is 10.7. The number of aromatic nitrogens is 2. The highest BCUT2D eigenvalue weighted by atomic mass is 32.1. The number of unbranched alkanes of at least 4 members (excludes halogenated alkanes) is 1. The van der Waals surface area contributed by atoms with Crippen LogP contribution in [-0.2, 0) is 24.0 Å². The van der Waals surface area contributed by atoms with Crippen LogP contribution in [0, 0.1) is 13.8 Å². The Labute approximate surface area is 164 Å². The van der Waals surface area contributed by atoms with E-state index < -0.39 is 0 Å². The zero-order chi connectivity index (χ0) is 19.2. The Morgan fingerprint density at radius 2 is 2.00 bits per heavy atom. The van der Waals surface area contributed by atoms with Gasteiger partial charge in [-0.1, -0.05) is 18.5 Å². The summed E-state index contributed by atoms with van der Waals surface area (Å²) in [6.07, 6.45) is 6.63. The maximum absolute atomic E-state index is 12.6. The molecule has 0 atom stereocenters. The molecule has 1 aliphatic heterocycles. The molecule has 1 fully saturated rings. The molecule has 2 aromatic rings. The van der Waals surface area contributed by atoms with Crippen LogP contribution in [0.5, 0.6) is 0 Å². The largest absolute Gasteiger partial charge is 0.381 e. The lowest BCUT2D eigenvalue weighted by Crippen LogP contribution is -2.38. The molecule has 0 spiro atoms. The number of carbonyl (C=O) groups is 1. The highest BCUT2D eigenvalue weighted by Crippen LogP contribution is 2.23. The summed E-state index contributed by atoms with van der Waals surface area (Å²) in [5.74, 6) is 0.889. The van der Waals surface area contributed by atoms with E-state index in [0.717, 1.165) is 85.2 Å². The van der Waals surface area contributed by atoms with Gasteiger partial charge in [0.15, 0.2) is 0 Å². The summed E-state index contributed by atoms with van der Waals surface area (Å²) in [7, 11) is 0. The molecule has 0 aliphatic carbocycles. The van der Waals surface area contributed by atoms with Crippen molar-refractivity contribution in [1.29, 1.82) is 0 Å². The minimum absolute atomic E-state index is 0.00653. The fourth-order valence-electron chi connectivity index (χ4n) is 3.39. The molecule has 0 aromatic carbocycles. The number of thiazole rings is 1. The number of aryl methyl sites for hydroxylation is 4. The van der Waals surface area contributed by atoms with Crippen molar-refractivity contribution in [2.75, 3.05) is 13.2 Å². The Balaban J connectivity index is 1.61. The molecule has 0 unspecified atom stereocenters. The van der Waals surface area contributed by atoms with E-state index in [9.17, 15) is 4.79 Å². The summed E-state index contributed by atoms with van der Waals surface area (Å²) in [6.45, 7) is 7.50. The molecule has 7 heteroatoms. The molecule has 6 nitrogen and oxygen atoms in total. The third kappa shape index (κ3) is 5.17. The lowest BCUT2D eigenvalue weighted by molar-refractivity contribution is 0.0698. The molecule has 1 amide bonds. The van der Waals surface area contributed by atoms with Gasteiger partial charge in [0, 0.05) is 31.2 Å². The lowest BCUT2D eigenvalue weighted by atomic mass is 10.0. The highest BCUT2D eigenvalue weighted by Gasteiger charge is 2.21.